The zero-order valence-corrected chi connectivity index (χ0v) is 15.3. The number of hydrogen-bond donors (Lipinski definition) is 3. The number of anilines is 2. The predicted molar refractivity (Wildman–Crippen MR) is 105 cm³/mol. The molecule has 3 aromatic rings. The van der Waals surface area contributed by atoms with Gasteiger partial charge in [0.2, 0.25) is 0 Å². The Morgan fingerprint density at radius 1 is 1.18 bits per heavy atom. The lowest BCUT2D eigenvalue weighted by Gasteiger charge is -2.11. The van der Waals surface area contributed by atoms with E-state index in [1.54, 1.807) is 36.5 Å². The average Bonchev–Trinajstić information content (AvgIpc) is 3.42. The Labute approximate surface area is 161 Å². The Kier molecular flexibility index (Phi) is 4.52. The molecule has 1 fully saturated rings. The first-order valence-corrected chi connectivity index (χ1v) is 9.00. The maximum Gasteiger partial charge on any atom is 0.261 e. The van der Waals surface area contributed by atoms with Crippen molar-refractivity contribution in [3.63, 3.8) is 0 Å². The molecule has 0 spiro atoms. The number of carbonyl (C=O) groups is 2. The number of nitrogens with one attached hydrogen (secondary N) is 2. The summed E-state index contributed by atoms with van der Waals surface area (Å²) in [5.74, 6) is 0.175. The van der Waals surface area contributed by atoms with Crippen molar-refractivity contribution in [2.75, 3.05) is 11.1 Å². The molecular formula is C20H20N6O2. The molecule has 142 valence electrons. The van der Waals surface area contributed by atoms with Gasteiger partial charge in [0.05, 0.1) is 6.20 Å². The Morgan fingerprint density at radius 2 is 2.00 bits per heavy atom. The number of amides is 2. The third-order valence-electron chi connectivity index (χ3n) is 4.58. The van der Waals surface area contributed by atoms with Gasteiger partial charge < -0.3 is 16.4 Å². The zero-order chi connectivity index (χ0) is 19.7. The van der Waals surface area contributed by atoms with Crippen molar-refractivity contribution >= 4 is 23.3 Å². The van der Waals surface area contributed by atoms with Crippen LogP contribution in [0.5, 0.6) is 0 Å². The number of benzene rings is 1. The van der Waals surface area contributed by atoms with E-state index in [0.29, 0.717) is 17.1 Å². The van der Waals surface area contributed by atoms with Crippen LogP contribution in [0.2, 0.25) is 0 Å². The zero-order valence-electron chi connectivity index (χ0n) is 15.3. The Morgan fingerprint density at radius 3 is 2.71 bits per heavy atom. The van der Waals surface area contributed by atoms with Gasteiger partial charge in [0.15, 0.2) is 5.82 Å². The highest BCUT2D eigenvalue weighted by Gasteiger charge is 2.24. The summed E-state index contributed by atoms with van der Waals surface area (Å²) in [6, 6.07) is 10.8. The second-order valence-corrected chi connectivity index (χ2v) is 6.77. The van der Waals surface area contributed by atoms with Crippen LogP contribution in [0.1, 0.15) is 39.1 Å². The number of hydrogen-bond acceptors (Lipinski definition) is 5. The highest BCUT2D eigenvalue weighted by atomic mass is 16.2. The van der Waals surface area contributed by atoms with E-state index in [2.05, 4.69) is 20.7 Å². The minimum Gasteiger partial charge on any atom is -0.383 e. The first-order valence-electron chi connectivity index (χ1n) is 9.00. The molecule has 0 aliphatic heterocycles. The molecule has 8 heteroatoms. The van der Waals surface area contributed by atoms with Crippen LogP contribution in [0.15, 0.2) is 48.8 Å². The number of pyridine rings is 1. The van der Waals surface area contributed by atoms with Crippen molar-refractivity contribution in [3.05, 3.63) is 65.5 Å². The molecular weight excluding hydrogens is 356 g/mol. The largest absolute Gasteiger partial charge is 0.383 e. The standard InChI is InChI=1S/C20H20N6O2/c1-12-5-6-13(19(27)24-14-7-8-14)10-16(12)25-20(28)15-11-23-26(18(15)21)17-4-2-3-9-22-17/h2-6,9-11,14H,7-8,21H2,1H3,(H,24,27)(H,25,28). The first kappa shape index (κ1) is 17.7. The van der Waals surface area contributed by atoms with E-state index in [1.807, 2.05) is 13.0 Å². The maximum atomic E-state index is 12.7. The van der Waals surface area contributed by atoms with E-state index in [-0.39, 0.29) is 23.3 Å². The molecule has 0 unspecified atom stereocenters. The molecule has 2 amide bonds. The van der Waals surface area contributed by atoms with Gasteiger partial charge in [-0.1, -0.05) is 12.1 Å². The number of nitrogen functional groups attached to an aromatic ring is 1. The van der Waals surface area contributed by atoms with E-state index >= 15 is 0 Å². The van der Waals surface area contributed by atoms with Gasteiger partial charge >= 0.3 is 0 Å². The maximum absolute atomic E-state index is 12.7. The van der Waals surface area contributed by atoms with Crippen LogP contribution in [0.4, 0.5) is 11.5 Å². The van der Waals surface area contributed by atoms with Gasteiger partial charge in [0.25, 0.3) is 11.8 Å². The van der Waals surface area contributed by atoms with Gasteiger partial charge in [-0.15, -0.1) is 0 Å². The highest BCUT2D eigenvalue weighted by molar-refractivity contribution is 6.08. The van der Waals surface area contributed by atoms with Crippen molar-refractivity contribution in [2.45, 2.75) is 25.8 Å². The second kappa shape index (κ2) is 7.15. The minimum atomic E-state index is -0.400. The molecule has 1 aromatic carbocycles. The topological polar surface area (TPSA) is 115 Å². The molecule has 1 saturated carbocycles. The number of carbonyl (C=O) groups excluding carboxylic acids is 2. The highest BCUT2D eigenvalue weighted by Crippen LogP contribution is 2.23. The van der Waals surface area contributed by atoms with Crippen molar-refractivity contribution in [1.82, 2.24) is 20.1 Å². The van der Waals surface area contributed by atoms with Crippen molar-refractivity contribution in [1.29, 1.82) is 0 Å². The quantitative estimate of drug-likeness (QED) is 0.632. The van der Waals surface area contributed by atoms with E-state index in [0.717, 1.165) is 18.4 Å². The summed E-state index contributed by atoms with van der Waals surface area (Å²) in [4.78, 5) is 29.2. The summed E-state index contributed by atoms with van der Waals surface area (Å²) >= 11 is 0. The van der Waals surface area contributed by atoms with Crippen molar-refractivity contribution in [3.8, 4) is 5.82 Å². The van der Waals surface area contributed by atoms with Gasteiger partial charge in [-0.3, -0.25) is 9.59 Å². The summed E-state index contributed by atoms with van der Waals surface area (Å²) in [6.45, 7) is 1.86. The second-order valence-electron chi connectivity index (χ2n) is 6.77. The smallest absolute Gasteiger partial charge is 0.261 e. The number of aromatic nitrogens is 3. The third-order valence-corrected chi connectivity index (χ3v) is 4.58. The van der Waals surface area contributed by atoms with Crippen LogP contribution in [0, 0.1) is 6.92 Å². The van der Waals surface area contributed by atoms with Gasteiger partial charge in [-0.2, -0.15) is 9.78 Å². The average molecular weight is 376 g/mol. The first-order chi connectivity index (χ1) is 13.5. The molecule has 8 nitrogen and oxygen atoms in total. The summed E-state index contributed by atoms with van der Waals surface area (Å²) < 4.78 is 1.40. The van der Waals surface area contributed by atoms with Gasteiger partial charge in [0.1, 0.15) is 11.4 Å². The van der Waals surface area contributed by atoms with E-state index in [4.69, 9.17) is 5.73 Å². The van der Waals surface area contributed by atoms with E-state index < -0.39 is 5.91 Å². The molecule has 0 radical (unpaired) electrons. The molecule has 1 aliphatic carbocycles. The molecule has 4 rings (SSSR count). The Bertz CT molecular complexity index is 1040. The van der Waals surface area contributed by atoms with E-state index in [9.17, 15) is 9.59 Å². The van der Waals surface area contributed by atoms with Crippen LogP contribution in [0.25, 0.3) is 5.82 Å². The van der Waals surface area contributed by atoms with Crippen LogP contribution in [-0.4, -0.2) is 32.6 Å². The Balaban J connectivity index is 1.55. The summed E-state index contributed by atoms with van der Waals surface area (Å²) in [5.41, 5.74) is 8.24. The van der Waals surface area contributed by atoms with Crippen molar-refractivity contribution in [2.24, 2.45) is 0 Å². The molecule has 2 aromatic heterocycles. The summed E-state index contributed by atoms with van der Waals surface area (Å²) in [7, 11) is 0. The fourth-order valence-electron chi connectivity index (χ4n) is 2.78. The van der Waals surface area contributed by atoms with Gasteiger partial charge in [0, 0.05) is 23.5 Å². The normalized spacial score (nSPS) is 13.2. The minimum absolute atomic E-state index is 0.138. The van der Waals surface area contributed by atoms with Crippen LogP contribution >= 0.6 is 0 Å². The van der Waals surface area contributed by atoms with Gasteiger partial charge in [-0.05, 0) is 49.6 Å². The SMILES string of the molecule is Cc1ccc(C(=O)NC2CC2)cc1NC(=O)c1cnn(-c2ccccn2)c1N. The number of aryl methyl sites for hydroxylation is 1. The van der Waals surface area contributed by atoms with Crippen molar-refractivity contribution < 1.29 is 9.59 Å². The monoisotopic (exact) mass is 376 g/mol. The fraction of sp³-hybridized carbons (Fsp3) is 0.200. The number of rotatable bonds is 5. The summed E-state index contributed by atoms with van der Waals surface area (Å²) in [6.07, 6.45) is 5.05. The molecule has 0 atom stereocenters. The lowest BCUT2D eigenvalue weighted by atomic mass is 10.1. The molecule has 4 N–H and O–H groups in total. The lowest BCUT2D eigenvalue weighted by Crippen LogP contribution is -2.25. The molecule has 1 aliphatic rings. The fourth-order valence-corrected chi connectivity index (χ4v) is 2.78. The summed E-state index contributed by atoms with van der Waals surface area (Å²) in [5, 5.41) is 9.92. The predicted octanol–water partition coefficient (Wildman–Crippen LogP) is 2.30. The van der Waals surface area contributed by atoms with Crippen LogP contribution in [-0.2, 0) is 0 Å². The van der Waals surface area contributed by atoms with Crippen LogP contribution in [0.3, 0.4) is 0 Å². The Hall–Kier alpha value is -3.68. The molecule has 0 saturated heterocycles. The molecule has 0 bridgehead atoms. The third kappa shape index (κ3) is 3.57. The molecule has 28 heavy (non-hydrogen) atoms. The lowest BCUT2D eigenvalue weighted by molar-refractivity contribution is 0.0949. The van der Waals surface area contributed by atoms with Crippen LogP contribution < -0.4 is 16.4 Å². The van der Waals surface area contributed by atoms with Gasteiger partial charge in [-0.25, -0.2) is 4.98 Å². The molecule has 2 heterocycles. The number of nitrogens with two attached hydrogens (primary N) is 1. The van der Waals surface area contributed by atoms with E-state index in [1.165, 1.54) is 10.9 Å². The number of nitrogens with zero attached hydrogens (tertiary/aromatic N) is 3.